The fourth-order valence-corrected chi connectivity index (χ4v) is 4.28. The zero-order chi connectivity index (χ0) is 21.2. The molecular formula is C25H20N4OS. The number of nitrogens with one attached hydrogen (secondary N) is 1. The van der Waals surface area contributed by atoms with Crippen LogP contribution in [0.5, 0.6) is 0 Å². The number of aromatic nitrogens is 3. The van der Waals surface area contributed by atoms with Crippen molar-refractivity contribution in [3.05, 3.63) is 106 Å². The Morgan fingerprint density at radius 2 is 1.97 bits per heavy atom. The number of ketones is 1. The van der Waals surface area contributed by atoms with Gasteiger partial charge >= 0.3 is 0 Å². The van der Waals surface area contributed by atoms with Crippen molar-refractivity contribution in [3.63, 3.8) is 0 Å². The van der Waals surface area contributed by atoms with Gasteiger partial charge < -0.3 is 5.32 Å². The van der Waals surface area contributed by atoms with E-state index in [1.165, 1.54) is 22.5 Å². The maximum Gasteiger partial charge on any atom is 0.208 e. The fraction of sp³-hybridized carbons (Fsp3) is 0.0800. The molecule has 0 saturated carbocycles. The maximum atomic E-state index is 12.8. The van der Waals surface area contributed by atoms with E-state index in [-0.39, 0.29) is 5.78 Å². The van der Waals surface area contributed by atoms with Crippen LogP contribution in [-0.4, -0.2) is 20.4 Å². The molecule has 5 aromatic rings. The van der Waals surface area contributed by atoms with E-state index in [4.69, 9.17) is 0 Å². The number of aryl methyl sites for hydroxylation is 1. The Hall–Kier alpha value is -3.77. The van der Waals surface area contributed by atoms with Gasteiger partial charge in [0.15, 0.2) is 5.65 Å². The Labute approximate surface area is 184 Å². The van der Waals surface area contributed by atoms with E-state index in [1.807, 2.05) is 35.7 Å². The zero-order valence-electron chi connectivity index (χ0n) is 16.9. The van der Waals surface area contributed by atoms with Gasteiger partial charge in [-0.3, -0.25) is 4.79 Å². The lowest BCUT2D eigenvalue weighted by molar-refractivity contribution is 0.104. The number of benzene rings is 2. The van der Waals surface area contributed by atoms with Crippen molar-refractivity contribution in [3.8, 4) is 11.3 Å². The van der Waals surface area contributed by atoms with Crippen molar-refractivity contribution in [1.29, 1.82) is 0 Å². The highest BCUT2D eigenvalue weighted by atomic mass is 32.1. The largest absolute Gasteiger partial charge is 0.381 e. The Bertz CT molecular complexity index is 1370. The van der Waals surface area contributed by atoms with Crippen LogP contribution >= 0.6 is 11.3 Å². The van der Waals surface area contributed by atoms with Crippen molar-refractivity contribution in [2.24, 2.45) is 0 Å². The number of fused-ring (bicyclic) bond motifs is 1. The summed E-state index contributed by atoms with van der Waals surface area (Å²) in [4.78, 5) is 18.0. The predicted octanol–water partition coefficient (Wildman–Crippen LogP) is 5.61. The first kappa shape index (κ1) is 19.2. The highest BCUT2D eigenvalue weighted by Gasteiger charge is 2.18. The molecule has 0 saturated heterocycles. The predicted molar refractivity (Wildman–Crippen MR) is 125 cm³/mol. The molecule has 0 spiro atoms. The highest BCUT2D eigenvalue weighted by molar-refractivity contribution is 7.12. The number of rotatable bonds is 6. The molecule has 0 aliphatic rings. The number of carbonyl (C=O) groups excluding carboxylic acids is 1. The number of carbonyl (C=O) groups is 1. The lowest BCUT2D eigenvalue weighted by Gasteiger charge is -2.11. The van der Waals surface area contributed by atoms with E-state index < -0.39 is 0 Å². The van der Waals surface area contributed by atoms with Crippen molar-refractivity contribution in [2.45, 2.75) is 13.5 Å². The summed E-state index contributed by atoms with van der Waals surface area (Å²) in [7, 11) is 0. The van der Waals surface area contributed by atoms with Gasteiger partial charge in [0.05, 0.1) is 22.3 Å². The van der Waals surface area contributed by atoms with Crippen LogP contribution in [0.3, 0.4) is 0 Å². The van der Waals surface area contributed by atoms with Gasteiger partial charge in [-0.25, -0.2) is 9.50 Å². The average Bonchev–Trinajstić information content (AvgIpc) is 3.48. The third kappa shape index (κ3) is 3.73. The lowest BCUT2D eigenvalue weighted by Crippen LogP contribution is -2.02. The van der Waals surface area contributed by atoms with E-state index >= 15 is 0 Å². The SMILES string of the molecule is Cc1ccccc1CNc1cccc(-c2ccnc3c(C(=O)c4cccs4)cnn23)c1. The van der Waals surface area contributed by atoms with E-state index in [1.54, 1.807) is 16.9 Å². The van der Waals surface area contributed by atoms with Crippen LogP contribution in [0.1, 0.15) is 26.4 Å². The quantitative estimate of drug-likeness (QED) is 0.360. The van der Waals surface area contributed by atoms with E-state index in [0.717, 1.165) is 23.5 Å². The molecule has 1 N–H and O–H groups in total. The summed E-state index contributed by atoms with van der Waals surface area (Å²) >= 11 is 1.42. The Morgan fingerprint density at radius 3 is 2.81 bits per heavy atom. The molecule has 0 fully saturated rings. The molecule has 3 heterocycles. The zero-order valence-corrected chi connectivity index (χ0v) is 17.8. The van der Waals surface area contributed by atoms with Gasteiger partial charge in [-0.1, -0.05) is 42.5 Å². The first-order valence-electron chi connectivity index (χ1n) is 10.0. The molecule has 0 aliphatic heterocycles. The standard InChI is InChI=1S/C25H20N4OS/c1-17-6-2-3-7-19(17)15-27-20-9-4-8-18(14-20)22-11-12-26-25-21(16-28-29(22)25)24(30)23-10-5-13-31-23/h2-14,16,27H,15H2,1H3. The molecule has 0 radical (unpaired) electrons. The molecule has 31 heavy (non-hydrogen) atoms. The molecule has 6 heteroatoms. The average molecular weight is 425 g/mol. The van der Waals surface area contributed by atoms with Gasteiger partial charge in [0.1, 0.15) is 0 Å². The van der Waals surface area contributed by atoms with E-state index in [2.05, 4.69) is 58.7 Å². The van der Waals surface area contributed by atoms with Crippen molar-refractivity contribution in [2.75, 3.05) is 5.32 Å². The molecule has 5 nitrogen and oxygen atoms in total. The highest BCUT2D eigenvalue weighted by Crippen LogP contribution is 2.25. The second kappa shape index (κ2) is 8.16. The molecule has 2 aromatic carbocycles. The number of hydrogen-bond donors (Lipinski definition) is 1. The lowest BCUT2D eigenvalue weighted by atomic mass is 10.1. The van der Waals surface area contributed by atoms with Crippen molar-refractivity contribution < 1.29 is 4.79 Å². The van der Waals surface area contributed by atoms with E-state index in [9.17, 15) is 4.79 Å². The van der Waals surface area contributed by atoms with Gasteiger partial charge in [-0.2, -0.15) is 5.10 Å². The minimum absolute atomic E-state index is 0.0525. The van der Waals surface area contributed by atoms with Crippen LogP contribution < -0.4 is 5.32 Å². The van der Waals surface area contributed by atoms with Crippen LogP contribution in [0.25, 0.3) is 16.9 Å². The molecule has 0 atom stereocenters. The summed E-state index contributed by atoms with van der Waals surface area (Å²) < 4.78 is 1.74. The molecule has 3 aromatic heterocycles. The summed E-state index contributed by atoms with van der Waals surface area (Å²) in [5, 5.41) is 9.88. The van der Waals surface area contributed by atoms with Crippen LogP contribution in [0, 0.1) is 6.92 Å². The van der Waals surface area contributed by atoms with Gasteiger partial charge in [-0.15, -0.1) is 11.3 Å². The van der Waals surface area contributed by atoms with Gasteiger partial charge in [-0.05, 0) is 47.7 Å². The van der Waals surface area contributed by atoms with Gasteiger partial charge in [0.2, 0.25) is 5.78 Å². The monoisotopic (exact) mass is 424 g/mol. The van der Waals surface area contributed by atoms with Gasteiger partial charge in [0, 0.05) is 24.0 Å². The molecule has 152 valence electrons. The van der Waals surface area contributed by atoms with Crippen LogP contribution in [0.15, 0.2) is 84.5 Å². The van der Waals surface area contributed by atoms with Crippen molar-refractivity contribution >= 4 is 28.5 Å². The van der Waals surface area contributed by atoms with Gasteiger partial charge in [0.25, 0.3) is 0 Å². The minimum atomic E-state index is -0.0525. The first-order valence-corrected chi connectivity index (χ1v) is 10.9. The topological polar surface area (TPSA) is 59.3 Å². The molecule has 0 bridgehead atoms. The van der Waals surface area contributed by atoms with Crippen LogP contribution in [-0.2, 0) is 6.54 Å². The molecule has 0 unspecified atom stereocenters. The summed E-state index contributed by atoms with van der Waals surface area (Å²) in [6.45, 7) is 2.87. The number of hydrogen-bond acceptors (Lipinski definition) is 5. The van der Waals surface area contributed by atoms with E-state index in [0.29, 0.717) is 16.1 Å². The first-order chi connectivity index (χ1) is 15.2. The summed E-state index contributed by atoms with van der Waals surface area (Å²) in [5.74, 6) is -0.0525. The third-order valence-electron chi connectivity index (χ3n) is 5.29. The Kier molecular flexibility index (Phi) is 5.06. The minimum Gasteiger partial charge on any atom is -0.381 e. The maximum absolute atomic E-state index is 12.8. The Balaban J connectivity index is 1.47. The van der Waals surface area contributed by atoms with Crippen LogP contribution in [0.4, 0.5) is 5.69 Å². The summed E-state index contributed by atoms with van der Waals surface area (Å²) in [6, 6.07) is 22.2. The molecule has 0 amide bonds. The third-order valence-corrected chi connectivity index (χ3v) is 6.16. The molecular weight excluding hydrogens is 404 g/mol. The summed E-state index contributed by atoms with van der Waals surface area (Å²) in [5.41, 5.74) is 6.51. The normalized spacial score (nSPS) is 11.0. The molecule has 5 rings (SSSR count). The molecule has 0 aliphatic carbocycles. The Morgan fingerprint density at radius 1 is 1.06 bits per heavy atom. The van der Waals surface area contributed by atoms with Crippen molar-refractivity contribution in [1.82, 2.24) is 14.6 Å². The number of anilines is 1. The number of thiophene rings is 1. The fourth-order valence-electron chi connectivity index (χ4n) is 3.60. The summed E-state index contributed by atoms with van der Waals surface area (Å²) in [6.07, 6.45) is 3.33. The smallest absolute Gasteiger partial charge is 0.208 e. The second-order valence-corrected chi connectivity index (χ2v) is 8.24. The number of nitrogens with zero attached hydrogens (tertiary/aromatic N) is 3. The van der Waals surface area contributed by atoms with Crippen LogP contribution in [0.2, 0.25) is 0 Å². The second-order valence-electron chi connectivity index (χ2n) is 7.29.